The number of anilines is 1. The van der Waals surface area contributed by atoms with Gasteiger partial charge in [-0.25, -0.2) is 15.0 Å². The summed E-state index contributed by atoms with van der Waals surface area (Å²) in [5, 5.41) is 2.21. The normalized spacial score (nSPS) is 9.17. The number of benzene rings is 1. The summed E-state index contributed by atoms with van der Waals surface area (Å²) in [7, 11) is 0. The van der Waals surface area contributed by atoms with Crippen LogP contribution in [0.4, 0.5) is 14.9 Å². The van der Waals surface area contributed by atoms with Crippen molar-refractivity contribution in [3.63, 3.8) is 0 Å². The Kier molecular flexibility index (Phi) is 2.60. The van der Waals surface area contributed by atoms with Crippen LogP contribution in [-0.2, 0) is 0 Å². The number of rotatable bonds is 1. The first-order valence-electron chi connectivity index (χ1n) is 3.26. The Morgan fingerprint density at radius 2 is 2.08 bits per heavy atom. The molecule has 0 saturated heterocycles. The predicted octanol–water partition coefficient (Wildman–Crippen LogP) is 0.821. The lowest BCUT2D eigenvalue weighted by molar-refractivity contribution is 0.252. The maximum Gasteiger partial charge on any atom is 0.333 e. The van der Waals surface area contributed by atoms with Gasteiger partial charge in [0.25, 0.3) is 0 Å². The largest absolute Gasteiger partial charge is 0.333 e. The van der Waals surface area contributed by atoms with E-state index in [1.54, 1.807) is 6.07 Å². The molecule has 64 valence electrons. The van der Waals surface area contributed by atoms with E-state index in [4.69, 9.17) is 5.84 Å². The van der Waals surface area contributed by atoms with Crippen LogP contribution in [0, 0.1) is 5.82 Å². The van der Waals surface area contributed by atoms with E-state index in [0.717, 1.165) is 0 Å². The molecule has 0 bridgehead atoms. The molecule has 0 heterocycles. The summed E-state index contributed by atoms with van der Waals surface area (Å²) in [6.45, 7) is 0. The van der Waals surface area contributed by atoms with Crippen molar-refractivity contribution in [2.24, 2.45) is 5.84 Å². The Hall–Kier alpha value is -1.62. The first-order valence-corrected chi connectivity index (χ1v) is 3.26. The zero-order chi connectivity index (χ0) is 8.97. The monoisotopic (exact) mass is 169 g/mol. The van der Waals surface area contributed by atoms with Gasteiger partial charge in [-0.2, -0.15) is 0 Å². The Labute approximate surface area is 68.5 Å². The smallest absolute Gasteiger partial charge is 0.304 e. The molecule has 4 N–H and O–H groups in total. The summed E-state index contributed by atoms with van der Waals surface area (Å²) in [4.78, 5) is 10.6. The zero-order valence-corrected chi connectivity index (χ0v) is 6.17. The molecule has 0 aliphatic rings. The Morgan fingerprint density at radius 3 is 2.67 bits per heavy atom. The highest BCUT2D eigenvalue weighted by molar-refractivity contribution is 5.88. The molecule has 4 nitrogen and oxygen atoms in total. The lowest BCUT2D eigenvalue weighted by atomic mass is 10.3. The van der Waals surface area contributed by atoms with Crippen LogP contribution >= 0.6 is 0 Å². The Bertz CT molecular complexity index is 290. The van der Waals surface area contributed by atoms with E-state index < -0.39 is 11.8 Å². The van der Waals surface area contributed by atoms with Crippen molar-refractivity contribution in [3.05, 3.63) is 30.1 Å². The Morgan fingerprint density at radius 1 is 1.42 bits per heavy atom. The van der Waals surface area contributed by atoms with Crippen molar-refractivity contribution in [2.75, 3.05) is 5.32 Å². The third-order valence-corrected chi connectivity index (χ3v) is 1.25. The molecule has 0 saturated carbocycles. The average Bonchev–Trinajstić information content (AvgIpc) is 2.09. The fourth-order valence-electron chi connectivity index (χ4n) is 0.721. The van der Waals surface area contributed by atoms with Crippen molar-refractivity contribution in [1.82, 2.24) is 5.43 Å². The molecule has 0 radical (unpaired) electrons. The first-order chi connectivity index (χ1) is 5.74. The van der Waals surface area contributed by atoms with Gasteiger partial charge in [0.05, 0.1) is 5.69 Å². The number of carbonyl (C=O) groups is 1. The SMILES string of the molecule is NNC(=O)Nc1ccccc1F. The van der Waals surface area contributed by atoms with Crippen LogP contribution < -0.4 is 16.6 Å². The molecule has 0 aromatic heterocycles. The van der Waals surface area contributed by atoms with E-state index in [0.29, 0.717) is 0 Å². The molecule has 2 amide bonds. The molecule has 1 aromatic carbocycles. The third-order valence-electron chi connectivity index (χ3n) is 1.25. The van der Waals surface area contributed by atoms with E-state index in [1.165, 1.54) is 18.2 Å². The molecule has 1 rings (SSSR count). The minimum atomic E-state index is -0.653. The Balaban J connectivity index is 2.75. The summed E-state index contributed by atoms with van der Waals surface area (Å²) in [6.07, 6.45) is 0. The van der Waals surface area contributed by atoms with Gasteiger partial charge in [-0.3, -0.25) is 5.43 Å². The maximum atomic E-state index is 12.8. The second-order valence-corrected chi connectivity index (χ2v) is 2.08. The minimum absolute atomic E-state index is 0.0976. The zero-order valence-electron chi connectivity index (χ0n) is 6.17. The lowest BCUT2D eigenvalue weighted by Crippen LogP contribution is -2.34. The highest BCUT2D eigenvalue weighted by atomic mass is 19.1. The lowest BCUT2D eigenvalue weighted by Gasteiger charge is -2.03. The highest BCUT2D eigenvalue weighted by Crippen LogP contribution is 2.11. The second-order valence-electron chi connectivity index (χ2n) is 2.08. The molecule has 0 unspecified atom stereocenters. The molecule has 0 fully saturated rings. The molecule has 0 aliphatic carbocycles. The number of halogens is 1. The van der Waals surface area contributed by atoms with E-state index in [1.807, 2.05) is 5.43 Å². The van der Waals surface area contributed by atoms with Gasteiger partial charge in [0.1, 0.15) is 5.82 Å². The van der Waals surface area contributed by atoms with Gasteiger partial charge in [0, 0.05) is 0 Å². The average molecular weight is 169 g/mol. The van der Waals surface area contributed by atoms with Gasteiger partial charge >= 0.3 is 6.03 Å². The number of nitrogens with two attached hydrogens (primary N) is 1. The summed E-state index contributed by atoms with van der Waals surface area (Å²) in [5.41, 5.74) is 1.92. The van der Waals surface area contributed by atoms with Crippen molar-refractivity contribution >= 4 is 11.7 Å². The molecule has 0 spiro atoms. The quantitative estimate of drug-likeness (QED) is 0.331. The van der Waals surface area contributed by atoms with E-state index >= 15 is 0 Å². The highest BCUT2D eigenvalue weighted by Gasteiger charge is 2.02. The predicted molar refractivity (Wildman–Crippen MR) is 42.7 cm³/mol. The van der Waals surface area contributed by atoms with Gasteiger partial charge < -0.3 is 5.32 Å². The van der Waals surface area contributed by atoms with E-state index in [-0.39, 0.29) is 5.69 Å². The minimum Gasteiger partial charge on any atom is -0.304 e. The molecular formula is C7H8FN3O. The fraction of sp³-hybridized carbons (Fsp3) is 0. The fourth-order valence-corrected chi connectivity index (χ4v) is 0.721. The summed E-state index contributed by atoms with van der Waals surface area (Å²) in [5.74, 6) is 4.29. The number of hydrazine groups is 1. The van der Waals surface area contributed by atoms with Gasteiger partial charge in [-0.15, -0.1) is 0 Å². The number of nitrogens with one attached hydrogen (secondary N) is 2. The molecule has 0 aliphatic heterocycles. The topological polar surface area (TPSA) is 67.1 Å². The van der Waals surface area contributed by atoms with Crippen LogP contribution in [-0.4, -0.2) is 6.03 Å². The van der Waals surface area contributed by atoms with Gasteiger partial charge in [-0.1, -0.05) is 12.1 Å². The number of urea groups is 1. The summed E-state index contributed by atoms with van der Waals surface area (Å²) in [6, 6.07) is 5.16. The number of para-hydroxylation sites is 1. The number of hydrogen-bond acceptors (Lipinski definition) is 2. The molecular weight excluding hydrogens is 161 g/mol. The van der Waals surface area contributed by atoms with Crippen LogP contribution in [0.5, 0.6) is 0 Å². The maximum absolute atomic E-state index is 12.8. The third kappa shape index (κ3) is 1.93. The first kappa shape index (κ1) is 8.48. The number of amides is 2. The summed E-state index contributed by atoms with van der Waals surface area (Å²) < 4.78 is 12.8. The van der Waals surface area contributed by atoms with E-state index in [9.17, 15) is 9.18 Å². The van der Waals surface area contributed by atoms with Crippen molar-refractivity contribution in [2.45, 2.75) is 0 Å². The number of hydrogen-bond donors (Lipinski definition) is 3. The van der Waals surface area contributed by atoms with Crippen LogP contribution in [0.15, 0.2) is 24.3 Å². The van der Waals surface area contributed by atoms with Crippen molar-refractivity contribution < 1.29 is 9.18 Å². The number of carbonyl (C=O) groups excluding carboxylic acids is 1. The van der Waals surface area contributed by atoms with Crippen molar-refractivity contribution in [1.29, 1.82) is 0 Å². The standard InChI is InChI=1S/C7H8FN3O/c8-5-3-1-2-4-6(5)10-7(12)11-9/h1-4H,9H2,(H2,10,11,12). The molecule has 1 aromatic rings. The molecule has 0 atom stereocenters. The van der Waals surface area contributed by atoms with Gasteiger partial charge in [-0.05, 0) is 12.1 Å². The van der Waals surface area contributed by atoms with Crippen LogP contribution in [0.2, 0.25) is 0 Å². The molecule has 5 heteroatoms. The molecule has 12 heavy (non-hydrogen) atoms. The van der Waals surface area contributed by atoms with Gasteiger partial charge in [0.15, 0.2) is 0 Å². The van der Waals surface area contributed by atoms with Crippen molar-refractivity contribution in [3.8, 4) is 0 Å². The van der Waals surface area contributed by atoms with Crippen LogP contribution in [0.3, 0.4) is 0 Å². The van der Waals surface area contributed by atoms with E-state index in [2.05, 4.69) is 5.32 Å². The second kappa shape index (κ2) is 3.68. The van der Waals surface area contributed by atoms with Gasteiger partial charge in [0.2, 0.25) is 0 Å². The van der Waals surface area contributed by atoms with Crippen LogP contribution in [0.25, 0.3) is 0 Å². The summed E-state index contributed by atoms with van der Waals surface area (Å²) >= 11 is 0. The van der Waals surface area contributed by atoms with Crippen LogP contribution in [0.1, 0.15) is 0 Å².